The van der Waals surface area contributed by atoms with E-state index in [9.17, 15) is 4.79 Å². The molecule has 0 saturated carbocycles. The Kier molecular flexibility index (Phi) is 3.37. The third-order valence-corrected chi connectivity index (χ3v) is 1.69. The van der Waals surface area contributed by atoms with E-state index in [1.165, 1.54) is 0 Å². The Morgan fingerprint density at radius 3 is 2.54 bits per heavy atom. The van der Waals surface area contributed by atoms with Crippen LogP contribution < -0.4 is 4.74 Å². The molecule has 5 heteroatoms. The van der Waals surface area contributed by atoms with E-state index < -0.39 is 5.97 Å². The lowest BCUT2D eigenvalue weighted by atomic mass is 10.3. The molecule has 0 aliphatic rings. The maximum absolute atomic E-state index is 11.0. The number of para-hydroxylation sites is 1. The highest BCUT2D eigenvalue weighted by molar-refractivity contribution is 9.19. The average Bonchev–Trinajstić information content (AvgIpc) is 2.18. The van der Waals surface area contributed by atoms with Crippen molar-refractivity contribution in [3.63, 3.8) is 0 Å². The molecule has 0 spiro atoms. The fraction of sp³-hybridized carbons (Fsp3) is 0. The largest absolute Gasteiger partial charge is 0.440 e. The molecule has 66 valence electrons. The highest BCUT2D eigenvalue weighted by Gasteiger charge is 2.18. The number of benzene rings is 1. The normalized spacial score (nSPS) is 8.69. The Hall–Kier alpha value is -1.45. The van der Waals surface area contributed by atoms with Gasteiger partial charge in [-0.3, -0.25) is 0 Å². The molecule has 0 aromatic heterocycles. The number of halogens is 1. The molecule has 0 bridgehead atoms. The van der Waals surface area contributed by atoms with Gasteiger partial charge in [0, 0.05) is 0 Å². The van der Waals surface area contributed by atoms with Gasteiger partial charge < -0.3 is 10.3 Å². The van der Waals surface area contributed by atoms with Crippen LogP contribution in [0.5, 0.6) is 5.75 Å². The molecule has 13 heavy (non-hydrogen) atoms. The van der Waals surface area contributed by atoms with E-state index >= 15 is 0 Å². The molecule has 1 aromatic rings. The Bertz CT molecular complexity index is 358. The Morgan fingerprint density at radius 1 is 1.38 bits per heavy atom. The van der Waals surface area contributed by atoms with Crippen molar-refractivity contribution in [2.24, 2.45) is 0 Å². The monoisotopic (exact) mass is 240 g/mol. The summed E-state index contributed by atoms with van der Waals surface area (Å²) in [6.45, 7) is 0. The predicted molar refractivity (Wildman–Crippen MR) is 49.6 cm³/mol. The molecule has 0 atom stereocenters. The van der Waals surface area contributed by atoms with E-state index in [0.717, 1.165) is 0 Å². The van der Waals surface area contributed by atoms with Gasteiger partial charge in [-0.15, -0.1) is 0 Å². The molecule has 0 N–H and O–H groups in total. The first-order valence-corrected chi connectivity index (χ1v) is 4.18. The summed E-state index contributed by atoms with van der Waals surface area (Å²) in [7, 11) is 0. The first-order chi connectivity index (χ1) is 6.24. The van der Waals surface area contributed by atoms with E-state index in [1.807, 2.05) is 0 Å². The summed E-state index contributed by atoms with van der Waals surface area (Å²) in [5.41, 5.74) is 8.22. The maximum atomic E-state index is 11.0. The van der Waals surface area contributed by atoms with Crippen molar-refractivity contribution in [2.75, 3.05) is 0 Å². The number of rotatable bonds is 2. The van der Waals surface area contributed by atoms with Gasteiger partial charge in [0.1, 0.15) is 5.75 Å². The van der Waals surface area contributed by atoms with Gasteiger partial charge >= 0.3 is 10.6 Å². The van der Waals surface area contributed by atoms with Gasteiger partial charge in [0.15, 0.2) is 0 Å². The van der Waals surface area contributed by atoms with Gasteiger partial charge in [-0.1, -0.05) is 18.2 Å². The standard InChI is InChI=1S/C8H5BrN2O2/c9-7(11-10)8(12)13-6-4-2-1-3-5-6/h1-5H. The molecule has 0 heterocycles. The van der Waals surface area contributed by atoms with E-state index in [-0.39, 0.29) is 4.62 Å². The number of carbonyl (C=O) groups is 1. The van der Waals surface area contributed by atoms with Crippen LogP contribution in [0.4, 0.5) is 0 Å². The van der Waals surface area contributed by atoms with Gasteiger partial charge in [0.2, 0.25) is 0 Å². The number of carbonyl (C=O) groups excluding carboxylic acids is 1. The first kappa shape index (κ1) is 9.64. The van der Waals surface area contributed by atoms with Gasteiger partial charge in [-0.05, 0) is 12.1 Å². The van der Waals surface area contributed by atoms with E-state index in [4.69, 9.17) is 10.3 Å². The molecular formula is C8H5BrN2O2. The Morgan fingerprint density at radius 2 is 2.00 bits per heavy atom. The molecular weight excluding hydrogens is 236 g/mol. The van der Waals surface area contributed by atoms with Crippen molar-refractivity contribution >= 4 is 26.5 Å². The molecule has 0 aliphatic carbocycles. The van der Waals surface area contributed by atoms with Crippen molar-refractivity contribution in [2.45, 2.75) is 0 Å². The summed E-state index contributed by atoms with van der Waals surface area (Å²) in [5.74, 6) is -0.346. The van der Waals surface area contributed by atoms with Crippen molar-refractivity contribution in [3.05, 3.63) is 35.9 Å². The summed E-state index contributed by atoms with van der Waals surface area (Å²) in [5, 5.41) is 0. The topological polar surface area (TPSA) is 62.7 Å². The highest BCUT2D eigenvalue weighted by Crippen LogP contribution is 2.08. The van der Waals surface area contributed by atoms with Crippen LogP contribution >= 0.6 is 15.9 Å². The molecule has 0 unspecified atom stereocenters. The second-order valence-corrected chi connectivity index (χ2v) is 2.84. The van der Waals surface area contributed by atoms with Crippen LogP contribution in [0.3, 0.4) is 0 Å². The molecule has 0 fully saturated rings. The average molecular weight is 241 g/mol. The Labute approximate surface area is 82.9 Å². The van der Waals surface area contributed by atoms with Gasteiger partial charge in [0.25, 0.3) is 0 Å². The van der Waals surface area contributed by atoms with Crippen LogP contribution in [0.2, 0.25) is 0 Å². The molecule has 0 amide bonds. The van der Waals surface area contributed by atoms with Crippen LogP contribution in [-0.4, -0.2) is 15.4 Å². The van der Waals surface area contributed by atoms with Crippen molar-refractivity contribution in [1.29, 1.82) is 0 Å². The van der Waals surface area contributed by atoms with Gasteiger partial charge in [0.05, 0.1) is 15.9 Å². The number of ether oxygens (including phenoxy) is 1. The Balaban J connectivity index is 2.71. The lowest BCUT2D eigenvalue weighted by Crippen LogP contribution is -2.15. The van der Waals surface area contributed by atoms with Crippen molar-refractivity contribution < 1.29 is 14.3 Å². The fourth-order valence-corrected chi connectivity index (χ4v) is 0.759. The number of nitrogens with zero attached hydrogens (tertiary/aromatic N) is 2. The van der Waals surface area contributed by atoms with Crippen LogP contribution in [0, 0.1) is 0 Å². The lowest BCUT2D eigenvalue weighted by Gasteiger charge is -1.97. The molecule has 1 aromatic carbocycles. The first-order valence-electron chi connectivity index (χ1n) is 3.39. The molecule has 1 rings (SSSR count). The van der Waals surface area contributed by atoms with Crippen molar-refractivity contribution in [1.82, 2.24) is 0 Å². The van der Waals surface area contributed by atoms with E-state index in [2.05, 4.69) is 20.7 Å². The third-order valence-electron chi connectivity index (χ3n) is 1.21. The number of esters is 1. The third kappa shape index (κ3) is 2.82. The van der Waals surface area contributed by atoms with E-state index in [1.54, 1.807) is 30.3 Å². The van der Waals surface area contributed by atoms with Crippen molar-refractivity contribution in [3.8, 4) is 5.75 Å². The lowest BCUT2D eigenvalue weighted by molar-refractivity contribution is -0.130. The van der Waals surface area contributed by atoms with Gasteiger partial charge in [-0.25, -0.2) is 4.79 Å². The van der Waals surface area contributed by atoms with Crippen LogP contribution in [0.15, 0.2) is 30.3 Å². The smallest absolute Gasteiger partial charge is 0.417 e. The second kappa shape index (κ2) is 4.54. The summed E-state index contributed by atoms with van der Waals surface area (Å²) in [6.07, 6.45) is 0. The quantitative estimate of drug-likeness (QED) is 0.259. The van der Waals surface area contributed by atoms with E-state index in [0.29, 0.717) is 5.75 Å². The molecule has 0 saturated heterocycles. The molecule has 0 aliphatic heterocycles. The SMILES string of the molecule is [N-]=[N+]=C(Br)C(=O)Oc1ccccc1. The minimum Gasteiger partial charge on any atom is -0.417 e. The van der Waals surface area contributed by atoms with Gasteiger partial charge in [-0.2, -0.15) is 4.79 Å². The zero-order valence-corrected chi connectivity index (χ0v) is 8.06. The second-order valence-electron chi connectivity index (χ2n) is 2.09. The summed E-state index contributed by atoms with van der Waals surface area (Å²) < 4.78 is 4.52. The van der Waals surface area contributed by atoms with Crippen LogP contribution in [-0.2, 0) is 4.79 Å². The highest BCUT2D eigenvalue weighted by atomic mass is 79.9. The summed E-state index contributed by atoms with van der Waals surface area (Å²) in [4.78, 5) is 13.6. The molecule has 0 radical (unpaired) electrons. The minimum atomic E-state index is -0.742. The zero-order valence-electron chi connectivity index (χ0n) is 6.48. The minimum absolute atomic E-state index is 0.267. The van der Waals surface area contributed by atoms with Crippen LogP contribution in [0.25, 0.3) is 5.53 Å². The zero-order chi connectivity index (χ0) is 9.68. The predicted octanol–water partition coefficient (Wildman–Crippen LogP) is 1.62. The van der Waals surface area contributed by atoms with Crippen LogP contribution in [0.1, 0.15) is 0 Å². The molecule has 4 nitrogen and oxygen atoms in total. The number of hydrogen-bond acceptors (Lipinski definition) is 2. The number of hydrogen-bond donors (Lipinski definition) is 0. The summed E-state index contributed by atoms with van der Waals surface area (Å²) >= 11 is 2.73. The summed E-state index contributed by atoms with van der Waals surface area (Å²) in [6, 6.07) is 8.50. The fourth-order valence-electron chi connectivity index (χ4n) is 0.679. The maximum Gasteiger partial charge on any atom is 0.440 e.